The van der Waals surface area contributed by atoms with Gasteiger partial charge in [0.05, 0.1) is 0 Å². The molecule has 1 N–H and O–H groups in total. The summed E-state index contributed by atoms with van der Waals surface area (Å²) in [6.45, 7) is 8.46. The molecule has 2 nitrogen and oxygen atoms in total. The van der Waals surface area contributed by atoms with Crippen LogP contribution < -0.4 is 5.32 Å². The maximum absolute atomic E-state index is 11.0. The van der Waals surface area contributed by atoms with E-state index in [9.17, 15) is 4.21 Å². The van der Waals surface area contributed by atoms with E-state index in [1.807, 2.05) is 6.92 Å². The van der Waals surface area contributed by atoms with Crippen molar-refractivity contribution in [3.63, 3.8) is 0 Å². The molecule has 0 heterocycles. The normalized spacial score (nSPS) is 16.4. The largest absolute Gasteiger partial charge is 0.316 e. The minimum atomic E-state index is -0.664. The van der Waals surface area contributed by atoms with Crippen molar-refractivity contribution in [1.29, 1.82) is 0 Å². The summed E-state index contributed by atoms with van der Waals surface area (Å²) in [5.74, 6) is 0.701. The molecule has 0 rings (SSSR count). The average Bonchev–Trinajstić information content (AvgIpc) is 1.97. The zero-order valence-electron chi connectivity index (χ0n) is 8.59. The monoisotopic (exact) mass is 191 g/mol. The van der Waals surface area contributed by atoms with Crippen molar-refractivity contribution >= 4 is 10.8 Å². The molecule has 2 atom stereocenters. The SMILES string of the molecule is CC(C)CNCCC(C)S(C)=O. The van der Waals surface area contributed by atoms with Gasteiger partial charge in [0.1, 0.15) is 0 Å². The molecule has 0 aliphatic heterocycles. The number of rotatable bonds is 6. The second-order valence-corrected chi connectivity index (χ2v) is 5.50. The van der Waals surface area contributed by atoms with Crippen molar-refractivity contribution in [3.8, 4) is 0 Å². The van der Waals surface area contributed by atoms with Crippen molar-refractivity contribution in [1.82, 2.24) is 5.32 Å². The molecule has 0 saturated carbocycles. The van der Waals surface area contributed by atoms with E-state index >= 15 is 0 Å². The third-order valence-electron chi connectivity index (χ3n) is 1.85. The van der Waals surface area contributed by atoms with Crippen LogP contribution >= 0.6 is 0 Å². The van der Waals surface area contributed by atoms with Gasteiger partial charge in [0.2, 0.25) is 0 Å². The van der Waals surface area contributed by atoms with E-state index in [-0.39, 0.29) is 0 Å². The topological polar surface area (TPSA) is 29.1 Å². The van der Waals surface area contributed by atoms with Gasteiger partial charge < -0.3 is 5.32 Å². The lowest BCUT2D eigenvalue weighted by molar-refractivity contribution is 0.540. The van der Waals surface area contributed by atoms with E-state index in [1.54, 1.807) is 6.26 Å². The van der Waals surface area contributed by atoms with Crippen LogP contribution in [0.15, 0.2) is 0 Å². The highest BCUT2D eigenvalue weighted by atomic mass is 32.2. The number of nitrogens with one attached hydrogen (secondary N) is 1. The zero-order valence-corrected chi connectivity index (χ0v) is 9.41. The fraction of sp³-hybridized carbons (Fsp3) is 1.00. The van der Waals surface area contributed by atoms with Crippen LogP contribution in [0.25, 0.3) is 0 Å². The highest BCUT2D eigenvalue weighted by Gasteiger charge is 2.04. The number of hydrogen-bond donors (Lipinski definition) is 1. The predicted octanol–water partition coefficient (Wildman–Crippen LogP) is 1.39. The summed E-state index contributed by atoms with van der Waals surface area (Å²) in [7, 11) is -0.664. The second kappa shape index (κ2) is 6.61. The fourth-order valence-corrected chi connectivity index (χ4v) is 1.31. The minimum absolute atomic E-state index is 0.324. The molecule has 0 spiro atoms. The summed E-state index contributed by atoms with van der Waals surface area (Å²) >= 11 is 0. The van der Waals surface area contributed by atoms with Gasteiger partial charge in [-0.25, -0.2) is 0 Å². The van der Waals surface area contributed by atoms with Crippen LogP contribution in [0.2, 0.25) is 0 Å². The van der Waals surface area contributed by atoms with E-state index in [1.165, 1.54) is 0 Å². The first-order chi connectivity index (χ1) is 5.54. The van der Waals surface area contributed by atoms with Crippen molar-refractivity contribution < 1.29 is 4.21 Å². The molecule has 2 unspecified atom stereocenters. The van der Waals surface area contributed by atoms with Crippen LogP contribution in [-0.4, -0.2) is 28.8 Å². The lowest BCUT2D eigenvalue weighted by Gasteiger charge is -2.10. The molecule has 0 radical (unpaired) electrons. The van der Waals surface area contributed by atoms with Crippen molar-refractivity contribution in [2.75, 3.05) is 19.3 Å². The van der Waals surface area contributed by atoms with Gasteiger partial charge in [-0.15, -0.1) is 0 Å². The van der Waals surface area contributed by atoms with Gasteiger partial charge in [-0.2, -0.15) is 0 Å². The van der Waals surface area contributed by atoms with E-state index in [2.05, 4.69) is 19.2 Å². The van der Waals surface area contributed by atoms with Crippen molar-refractivity contribution in [3.05, 3.63) is 0 Å². The first-order valence-corrected chi connectivity index (χ1v) is 6.19. The Morgan fingerprint density at radius 1 is 1.33 bits per heavy atom. The smallest absolute Gasteiger partial charge is 0.0329 e. The average molecular weight is 191 g/mol. The lowest BCUT2D eigenvalue weighted by Crippen LogP contribution is -2.24. The first kappa shape index (κ1) is 12.1. The Morgan fingerprint density at radius 3 is 2.33 bits per heavy atom. The molecular weight excluding hydrogens is 170 g/mol. The molecule has 3 heteroatoms. The van der Waals surface area contributed by atoms with Gasteiger partial charge in [-0.05, 0) is 25.4 Å². The van der Waals surface area contributed by atoms with E-state index < -0.39 is 10.8 Å². The molecule has 0 aliphatic rings. The maximum Gasteiger partial charge on any atom is 0.0329 e. The highest BCUT2D eigenvalue weighted by molar-refractivity contribution is 7.84. The standard InChI is InChI=1S/C9H21NOS/c1-8(2)7-10-6-5-9(3)12(4)11/h8-10H,5-7H2,1-4H3. The summed E-state index contributed by atoms with van der Waals surface area (Å²) in [6.07, 6.45) is 2.78. The molecule has 0 bridgehead atoms. The van der Waals surface area contributed by atoms with Crippen LogP contribution in [0.5, 0.6) is 0 Å². The Labute approximate surface area is 78.6 Å². The molecule has 0 amide bonds. The third-order valence-corrected chi connectivity index (χ3v) is 3.22. The summed E-state index contributed by atoms with van der Waals surface area (Å²) in [6, 6.07) is 0. The molecule has 0 aromatic heterocycles. The summed E-state index contributed by atoms with van der Waals surface area (Å²) in [5.41, 5.74) is 0. The Morgan fingerprint density at radius 2 is 1.92 bits per heavy atom. The molecule has 0 aromatic rings. The molecule has 0 aromatic carbocycles. The molecule has 74 valence electrons. The minimum Gasteiger partial charge on any atom is -0.316 e. The summed E-state index contributed by atoms with van der Waals surface area (Å²) in [4.78, 5) is 0. The van der Waals surface area contributed by atoms with E-state index in [4.69, 9.17) is 0 Å². The van der Waals surface area contributed by atoms with Crippen molar-refractivity contribution in [2.24, 2.45) is 5.92 Å². The fourth-order valence-electron chi connectivity index (χ4n) is 0.862. The van der Waals surface area contributed by atoms with Gasteiger partial charge in [0.25, 0.3) is 0 Å². The van der Waals surface area contributed by atoms with Gasteiger partial charge >= 0.3 is 0 Å². The van der Waals surface area contributed by atoms with Gasteiger partial charge in [-0.3, -0.25) is 4.21 Å². The van der Waals surface area contributed by atoms with E-state index in [0.29, 0.717) is 11.2 Å². The Bertz CT molecular complexity index is 136. The Balaban J connectivity index is 3.25. The molecule has 0 saturated heterocycles. The van der Waals surface area contributed by atoms with Crippen LogP contribution in [0, 0.1) is 5.92 Å². The highest BCUT2D eigenvalue weighted by Crippen LogP contribution is 1.97. The van der Waals surface area contributed by atoms with Crippen molar-refractivity contribution in [2.45, 2.75) is 32.4 Å². The van der Waals surface area contributed by atoms with Crippen LogP contribution in [-0.2, 0) is 10.8 Å². The molecule has 0 aliphatic carbocycles. The molecular formula is C9H21NOS. The summed E-state index contributed by atoms with van der Waals surface area (Å²) < 4.78 is 11.0. The maximum atomic E-state index is 11.0. The van der Waals surface area contributed by atoms with Gasteiger partial charge in [0.15, 0.2) is 0 Å². The van der Waals surface area contributed by atoms with Crippen LogP contribution in [0.1, 0.15) is 27.2 Å². The summed E-state index contributed by atoms with van der Waals surface area (Å²) in [5, 5.41) is 3.66. The Kier molecular flexibility index (Phi) is 6.67. The predicted molar refractivity (Wildman–Crippen MR) is 55.9 cm³/mol. The molecule has 12 heavy (non-hydrogen) atoms. The third kappa shape index (κ3) is 6.80. The second-order valence-electron chi connectivity index (χ2n) is 3.70. The lowest BCUT2D eigenvalue weighted by atomic mass is 10.2. The zero-order chi connectivity index (χ0) is 9.56. The molecule has 0 fully saturated rings. The quantitative estimate of drug-likeness (QED) is 0.643. The number of hydrogen-bond acceptors (Lipinski definition) is 2. The Hall–Kier alpha value is 0.110. The van der Waals surface area contributed by atoms with Gasteiger partial charge in [-0.1, -0.05) is 20.8 Å². The van der Waals surface area contributed by atoms with Crippen LogP contribution in [0.3, 0.4) is 0 Å². The van der Waals surface area contributed by atoms with Gasteiger partial charge in [0, 0.05) is 22.3 Å². The van der Waals surface area contributed by atoms with Crippen LogP contribution in [0.4, 0.5) is 0 Å². The van der Waals surface area contributed by atoms with E-state index in [0.717, 1.165) is 19.5 Å². The first-order valence-electron chi connectivity index (χ1n) is 4.57.